The van der Waals surface area contributed by atoms with Crippen LogP contribution in [0.2, 0.25) is 0 Å². The van der Waals surface area contributed by atoms with E-state index in [0.29, 0.717) is 16.8 Å². The lowest BCUT2D eigenvalue weighted by Gasteiger charge is -2.24. The summed E-state index contributed by atoms with van der Waals surface area (Å²) in [6, 6.07) is 11.1. The van der Waals surface area contributed by atoms with Gasteiger partial charge >= 0.3 is 6.03 Å². The van der Waals surface area contributed by atoms with Gasteiger partial charge in [-0.25, -0.2) is 14.0 Å². The van der Waals surface area contributed by atoms with Crippen LogP contribution in [-0.4, -0.2) is 46.9 Å². The van der Waals surface area contributed by atoms with E-state index < -0.39 is 28.6 Å². The molecule has 0 fully saturated rings. The van der Waals surface area contributed by atoms with E-state index >= 15 is 0 Å². The summed E-state index contributed by atoms with van der Waals surface area (Å²) in [4.78, 5) is 24.6. The molecule has 0 saturated heterocycles. The monoisotopic (exact) mass is 461 g/mol. The summed E-state index contributed by atoms with van der Waals surface area (Å²) in [5, 5.41) is 11.4. The Morgan fingerprint density at radius 3 is 2.44 bits per heavy atom. The summed E-state index contributed by atoms with van der Waals surface area (Å²) in [7, 11) is -2.47. The van der Waals surface area contributed by atoms with Crippen molar-refractivity contribution in [2.45, 2.75) is 6.42 Å². The number of carbonyl (C=O) groups excluding carboxylic acids is 2. The van der Waals surface area contributed by atoms with Crippen molar-refractivity contribution < 1.29 is 31.3 Å². The van der Waals surface area contributed by atoms with Crippen LogP contribution in [0, 0.1) is 17.1 Å². The van der Waals surface area contributed by atoms with Crippen molar-refractivity contribution in [1.29, 1.82) is 5.26 Å². The second-order valence-electron chi connectivity index (χ2n) is 6.49. The Balaban J connectivity index is 2.29. The Morgan fingerprint density at radius 1 is 1.22 bits per heavy atom. The van der Waals surface area contributed by atoms with Crippen molar-refractivity contribution in [3.05, 3.63) is 65.2 Å². The molecule has 32 heavy (non-hydrogen) atoms. The third-order valence-electron chi connectivity index (χ3n) is 4.15. The normalized spacial score (nSPS) is 10.6. The Bertz CT molecular complexity index is 1170. The summed E-state index contributed by atoms with van der Waals surface area (Å²) in [5.41, 5.74) is 1.01. The van der Waals surface area contributed by atoms with E-state index in [9.17, 15) is 22.4 Å². The number of nitrogens with zero attached hydrogens (tertiary/aromatic N) is 2. The molecule has 9 nitrogen and oxygen atoms in total. The fourth-order valence-corrected chi connectivity index (χ4v) is 3.02. The van der Waals surface area contributed by atoms with E-state index in [1.54, 1.807) is 5.94 Å². The quantitative estimate of drug-likeness (QED) is 0.346. The molecule has 2 rings (SSSR count). The average molecular weight is 461 g/mol. The first kappa shape index (κ1) is 24.6. The molecule has 2 amide bonds. The van der Waals surface area contributed by atoms with Gasteiger partial charge in [0.15, 0.2) is 11.7 Å². The third kappa shape index (κ3) is 7.21. The van der Waals surface area contributed by atoms with E-state index in [-0.39, 0.29) is 24.4 Å². The molecule has 168 valence electrons. The molecule has 0 saturated carbocycles. The number of methoxy groups -OCH3 is 1. The maximum Gasteiger partial charge on any atom is 0.326 e. The summed E-state index contributed by atoms with van der Waals surface area (Å²) in [6.45, 7) is -0.675. The van der Waals surface area contributed by atoms with Gasteiger partial charge in [-0.05, 0) is 42.0 Å². The van der Waals surface area contributed by atoms with Crippen molar-refractivity contribution in [3.8, 4) is 6.07 Å². The second-order valence-corrected chi connectivity index (χ2v) is 8.13. The zero-order valence-corrected chi connectivity index (χ0v) is 18.1. The first-order valence-electron chi connectivity index (χ1n) is 9.16. The van der Waals surface area contributed by atoms with Crippen molar-refractivity contribution in [2.24, 2.45) is 0 Å². The number of hydrogen-bond donors (Lipinski definition) is 1. The maximum absolute atomic E-state index is 14.9. The second kappa shape index (κ2) is 11.1. The Morgan fingerprint density at radius 2 is 1.91 bits per heavy atom. The minimum absolute atomic E-state index is 0.00578. The molecule has 2 aromatic rings. The molecule has 0 aliphatic carbocycles. The molecule has 0 bridgehead atoms. The predicted molar refractivity (Wildman–Crippen MR) is 115 cm³/mol. The average Bonchev–Trinajstić information content (AvgIpc) is 2.75. The molecule has 0 heterocycles. The first-order chi connectivity index (χ1) is 15.2. The van der Waals surface area contributed by atoms with Gasteiger partial charge in [0.2, 0.25) is 0 Å². The van der Waals surface area contributed by atoms with Crippen LogP contribution in [0.1, 0.15) is 11.1 Å². The van der Waals surface area contributed by atoms with Crippen LogP contribution >= 0.6 is 0 Å². The molecule has 0 aromatic heterocycles. The van der Waals surface area contributed by atoms with Crippen LogP contribution in [0.5, 0.6) is 0 Å². The van der Waals surface area contributed by atoms with E-state index in [4.69, 9.17) is 10.00 Å². The molecular weight excluding hydrogens is 441 g/mol. The van der Waals surface area contributed by atoms with Crippen LogP contribution in [0.25, 0.3) is 0 Å². The number of benzene rings is 2. The standard InChI is InChI=1S/C21H20FN3O6S/c1-30-18(14-26)11-16-5-8-20(19(22)12-16)25(9-10-31-32(2,28)29)21(27)24-17-6-3-15(13-23)4-7-17/h3-8,12H,9-11H2,1-2H3,(H,24,27). The number of urea groups is 1. The predicted octanol–water partition coefficient (Wildman–Crippen LogP) is 2.62. The highest BCUT2D eigenvalue weighted by Gasteiger charge is 2.21. The molecule has 2 aromatic carbocycles. The topological polar surface area (TPSA) is 126 Å². The first-order valence-corrected chi connectivity index (χ1v) is 11.0. The van der Waals surface area contributed by atoms with Gasteiger partial charge in [-0.15, -0.1) is 0 Å². The lowest BCUT2D eigenvalue weighted by Crippen LogP contribution is -2.38. The van der Waals surface area contributed by atoms with Crippen molar-refractivity contribution in [3.63, 3.8) is 0 Å². The van der Waals surface area contributed by atoms with Gasteiger partial charge in [-0.3, -0.25) is 9.08 Å². The molecule has 0 radical (unpaired) electrons. The minimum atomic E-state index is -3.77. The van der Waals surface area contributed by atoms with Crippen molar-refractivity contribution >= 4 is 33.5 Å². The highest BCUT2D eigenvalue weighted by atomic mass is 32.2. The lowest BCUT2D eigenvalue weighted by atomic mass is 10.1. The molecule has 0 spiro atoms. The SMILES string of the molecule is COC(=C=O)Cc1ccc(N(CCOS(C)(=O)=O)C(=O)Nc2ccc(C#N)cc2)c(F)c1. The number of hydrogen-bond acceptors (Lipinski definition) is 7. The highest BCUT2D eigenvalue weighted by Crippen LogP contribution is 2.23. The van der Waals surface area contributed by atoms with Gasteiger partial charge in [-0.1, -0.05) is 6.07 Å². The lowest BCUT2D eigenvalue weighted by molar-refractivity contribution is 0.253. The number of nitrogens with one attached hydrogen (secondary N) is 1. The van der Waals surface area contributed by atoms with Crippen LogP contribution in [-0.2, 0) is 30.3 Å². The van der Waals surface area contributed by atoms with E-state index in [1.807, 2.05) is 6.07 Å². The van der Waals surface area contributed by atoms with Crippen LogP contribution < -0.4 is 10.2 Å². The number of rotatable bonds is 9. The smallest absolute Gasteiger partial charge is 0.326 e. The number of anilines is 2. The van der Waals surface area contributed by atoms with Crippen molar-refractivity contribution in [1.82, 2.24) is 0 Å². The fourth-order valence-electron chi connectivity index (χ4n) is 2.64. The van der Waals surface area contributed by atoms with Crippen LogP contribution in [0.3, 0.4) is 0 Å². The number of allylic oxidation sites excluding steroid dienone is 1. The number of amides is 2. The summed E-state index contributed by atoms with van der Waals surface area (Å²) in [5.74, 6) is 0.808. The molecule has 0 atom stereocenters. The molecule has 0 aliphatic rings. The Hall–Kier alpha value is -3.71. The van der Waals surface area contributed by atoms with Gasteiger partial charge in [0.25, 0.3) is 10.1 Å². The van der Waals surface area contributed by atoms with E-state index in [1.165, 1.54) is 43.5 Å². The van der Waals surface area contributed by atoms with Gasteiger partial charge in [0, 0.05) is 12.1 Å². The molecule has 11 heteroatoms. The fraction of sp³-hybridized carbons (Fsp3) is 0.238. The van der Waals surface area contributed by atoms with Crippen molar-refractivity contribution in [2.75, 3.05) is 36.7 Å². The largest absolute Gasteiger partial charge is 0.489 e. The van der Waals surface area contributed by atoms with Crippen LogP contribution in [0.15, 0.2) is 48.2 Å². The van der Waals surface area contributed by atoms with Gasteiger partial charge in [0.1, 0.15) is 5.82 Å². The minimum Gasteiger partial charge on any atom is -0.489 e. The maximum atomic E-state index is 14.9. The zero-order valence-electron chi connectivity index (χ0n) is 17.3. The highest BCUT2D eigenvalue weighted by molar-refractivity contribution is 7.85. The van der Waals surface area contributed by atoms with Crippen LogP contribution in [0.4, 0.5) is 20.6 Å². The number of halogens is 1. The van der Waals surface area contributed by atoms with Gasteiger partial charge in [0.05, 0.1) is 43.8 Å². The van der Waals surface area contributed by atoms with Gasteiger partial charge in [-0.2, -0.15) is 13.7 Å². The van der Waals surface area contributed by atoms with E-state index in [2.05, 4.69) is 9.50 Å². The molecule has 0 aliphatic heterocycles. The zero-order chi connectivity index (χ0) is 23.7. The molecule has 1 N–H and O–H groups in total. The third-order valence-corrected chi connectivity index (χ3v) is 4.75. The van der Waals surface area contributed by atoms with Gasteiger partial charge < -0.3 is 10.1 Å². The number of carbonyl (C=O) groups is 1. The number of nitriles is 1. The molecule has 0 unspecified atom stereocenters. The summed E-state index contributed by atoms with van der Waals surface area (Å²) in [6.07, 6.45) is 0.864. The number of ether oxygens (including phenoxy) is 1. The Kier molecular flexibility index (Phi) is 8.49. The molecular formula is C21H20FN3O6S. The summed E-state index contributed by atoms with van der Waals surface area (Å²) < 4.78 is 46.9. The van der Waals surface area contributed by atoms with E-state index in [0.717, 1.165) is 17.2 Å². The Labute approximate surface area is 184 Å². The summed E-state index contributed by atoms with van der Waals surface area (Å²) >= 11 is 0.